The number of nitrogens with one attached hydrogen (secondary N) is 1. The molecule has 24 heavy (non-hydrogen) atoms. The molecule has 3 aromatic rings. The number of halogens is 1. The van der Waals surface area contributed by atoms with Crippen molar-refractivity contribution in [1.29, 1.82) is 0 Å². The predicted octanol–water partition coefficient (Wildman–Crippen LogP) is 2.91. The minimum atomic E-state index is -0.0656. The molecule has 0 saturated heterocycles. The van der Waals surface area contributed by atoms with Gasteiger partial charge < -0.3 is 9.88 Å². The molecule has 126 valence electrons. The molecule has 0 aliphatic carbocycles. The molecule has 0 saturated carbocycles. The molecule has 3 rings (SSSR count). The molecule has 0 bridgehead atoms. The number of aromatic nitrogens is 5. The maximum absolute atomic E-state index is 12.2. The molecule has 0 fully saturated rings. The fraction of sp³-hybridized carbons (Fsp3) is 0.375. The lowest BCUT2D eigenvalue weighted by Crippen LogP contribution is -2.25. The fourth-order valence-electron chi connectivity index (χ4n) is 2.64. The highest BCUT2D eigenvalue weighted by Crippen LogP contribution is 2.23. The molecule has 3 aromatic heterocycles. The zero-order valence-corrected chi connectivity index (χ0v) is 14.8. The van der Waals surface area contributed by atoms with Crippen LogP contribution in [0.15, 0.2) is 23.3 Å². The van der Waals surface area contributed by atoms with E-state index < -0.39 is 0 Å². The standard InChI is InChI=1S/C16H19ClN6O/c1-9(2)22-7-18-13-14(20-16(17)21-15(13)22)19-8-23-11(4)5-10(3)6-12(23)24/h5-7,9H,8H2,1-4H3,(H,19,20,21). The van der Waals surface area contributed by atoms with E-state index >= 15 is 0 Å². The first-order valence-electron chi connectivity index (χ1n) is 7.69. The maximum atomic E-state index is 12.2. The highest BCUT2D eigenvalue weighted by atomic mass is 35.5. The third kappa shape index (κ3) is 2.99. The Balaban J connectivity index is 1.98. The number of pyridine rings is 1. The normalized spacial score (nSPS) is 11.4. The van der Waals surface area contributed by atoms with Gasteiger partial charge in [0.25, 0.3) is 5.56 Å². The van der Waals surface area contributed by atoms with Gasteiger partial charge in [-0.15, -0.1) is 0 Å². The Bertz CT molecular complexity index is 959. The number of rotatable bonds is 4. The van der Waals surface area contributed by atoms with Gasteiger partial charge in [-0.1, -0.05) is 0 Å². The van der Waals surface area contributed by atoms with Crippen molar-refractivity contribution in [2.75, 3.05) is 5.32 Å². The minimum Gasteiger partial charge on any atom is -0.350 e. The van der Waals surface area contributed by atoms with Crippen molar-refractivity contribution < 1.29 is 0 Å². The average Bonchev–Trinajstić information content (AvgIpc) is 2.89. The summed E-state index contributed by atoms with van der Waals surface area (Å²) in [5, 5.41) is 3.29. The van der Waals surface area contributed by atoms with E-state index in [1.54, 1.807) is 17.0 Å². The molecular formula is C16H19ClN6O. The summed E-state index contributed by atoms with van der Waals surface area (Å²) in [5.74, 6) is 0.510. The molecule has 8 heteroatoms. The number of imidazole rings is 1. The molecule has 0 spiro atoms. The third-order valence-electron chi connectivity index (χ3n) is 3.83. The van der Waals surface area contributed by atoms with Gasteiger partial charge in [-0.3, -0.25) is 9.36 Å². The van der Waals surface area contributed by atoms with Gasteiger partial charge >= 0.3 is 0 Å². The molecule has 0 radical (unpaired) electrons. The van der Waals surface area contributed by atoms with Gasteiger partial charge in [0.2, 0.25) is 5.28 Å². The van der Waals surface area contributed by atoms with Crippen molar-refractivity contribution in [3.8, 4) is 0 Å². The van der Waals surface area contributed by atoms with Crippen molar-refractivity contribution in [3.05, 3.63) is 45.4 Å². The quantitative estimate of drug-likeness (QED) is 0.735. The summed E-state index contributed by atoms with van der Waals surface area (Å²) in [6.07, 6.45) is 1.72. The summed E-state index contributed by atoms with van der Waals surface area (Å²) in [6, 6.07) is 3.76. The largest absolute Gasteiger partial charge is 0.350 e. The van der Waals surface area contributed by atoms with Crippen LogP contribution in [0.4, 0.5) is 5.82 Å². The summed E-state index contributed by atoms with van der Waals surface area (Å²) >= 11 is 6.05. The smallest absolute Gasteiger partial charge is 0.252 e. The summed E-state index contributed by atoms with van der Waals surface area (Å²) in [6.45, 7) is 8.16. The Morgan fingerprint density at radius 1 is 1.25 bits per heavy atom. The second-order valence-corrected chi connectivity index (χ2v) is 6.37. The van der Waals surface area contributed by atoms with Crippen LogP contribution in [0.25, 0.3) is 11.2 Å². The van der Waals surface area contributed by atoms with E-state index in [-0.39, 0.29) is 23.6 Å². The van der Waals surface area contributed by atoms with Crippen LogP contribution in [0.1, 0.15) is 31.1 Å². The molecule has 1 N–H and O–H groups in total. The first kappa shape index (κ1) is 16.4. The first-order chi connectivity index (χ1) is 11.4. The van der Waals surface area contributed by atoms with E-state index in [1.807, 2.05) is 38.3 Å². The monoisotopic (exact) mass is 346 g/mol. The zero-order valence-electron chi connectivity index (χ0n) is 14.0. The van der Waals surface area contributed by atoms with Crippen molar-refractivity contribution in [3.63, 3.8) is 0 Å². The lowest BCUT2D eigenvalue weighted by molar-refractivity contribution is 0.612. The molecule has 0 aromatic carbocycles. The van der Waals surface area contributed by atoms with Crippen LogP contribution in [0.3, 0.4) is 0 Å². The number of aryl methyl sites for hydroxylation is 2. The van der Waals surface area contributed by atoms with Crippen LogP contribution in [0.2, 0.25) is 5.28 Å². The van der Waals surface area contributed by atoms with Gasteiger partial charge in [-0.05, 0) is 50.9 Å². The number of hydrogen-bond donors (Lipinski definition) is 1. The second-order valence-electron chi connectivity index (χ2n) is 6.03. The SMILES string of the molecule is Cc1cc(C)n(CNc2nc(Cl)nc3c2ncn3C(C)C)c(=O)c1. The van der Waals surface area contributed by atoms with Crippen molar-refractivity contribution in [2.45, 2.75) is 40.4 Å². The maximum Gasteiger partial charge on any atom is 0.252 e. The van der Waals surface area contributed by atoms with Gasteiger partial charge in [0.15, 0.2) is 17.0 Å². The highest BCUT2D eigenvalue weighted by molar-refractivity contribution is 6.28. The molecule has 3 heterocycles. The lowest BCUT2D eigenvalue weighted by atomic mass is 10.2. The summed E-state index contributed by atoms with van der Waals surface area (Å²) in [7, 11) is 0. The zero-order chi connectivity index (χ0) is 17.4. The van der Waals surface area contributed by atoms with Gasteiger partial charge in [0, 0.05) is 17.8 Å². The van der Waals surface area contributed by atoms with Crippen molar-refractivity contribution >= 4 is 28.6 Å². The van der Waals surface area contributed by atoms with E-state index in [1.165, 1.54) is 0 Å². The predicted molar refractivity (Wildman–Crippen MR) is 94.5 cm³/mol. The topological polar surface area (TPSA) is 77.6 Å². The van der Waals surface area contributed by atoms with E-state index in [9.17, 15) is 4.79 Å². The molecule has 0 aliphatic heterocycles. The average molecular weight is 347 g/mol. The summed E-state index contributed by atoms with van der Waals surface area (Å²) in [4.78, 5) is 25.0. The lowest BCUT2D eigenvalue weighted by Gasteiger charge is -2.13. The summed E-state index contributed by atoms with van der Waals surface area (Å²) < 4.78 is 3.56. The van der Waals surface area contributed by atoms with Crippen molar-refractivity contribution in [2.24, 2.45) is 0 Å². The van der Waals surface area contributed by atoms with Crippen LogP contribution in [0.5, 0.6) is 0 Å². The van der Waals surface area contributed by atoms with E-state index in [0.29, 0.717) is 17.0 Å². The molecule has 7 nitrogen and oxygen atoms in total. The number of anilines is 1. The van der Waals surface area contributed by atoms with Gasteiger partial charge in [-0.2, -0.15) is 9.97 Å². The third-order valence-corrected chi connectivity index (χ3v) is 4.00. The Labute approximate surface area is 144 Å². The van der Waals surface area contributed by atoms with Gasteiger partial charge in [0.05, 0.1) is 13.0 Å². The summed E-state index contributed by atoms with van der Waals surface area (Å²) in [5.41, 5.74) is 3.05. The van der Waals surface area contributed by atoms with E-state index in [2.05, 4.69) is 20.3 Å². The van der Waals surface area contributed by atoms with Crippen LogP contribution >= 0.6 is 11.6 Å². The fourth-order valence-corrected chi connectivity index (χ4v) is 2.81. The molecule has 0 amide bonds. The molecule has 0 aliphatic rings. The van der Waals surface area contributed by atoms with E-state index in [4.69, 9.17) is 11.6 Å². The Kier molecular flexibility index (Phi) is 4.28. The minimum absolute atomic E-state index is 0.0656. The second kappa shape index (κ2) is 6.24. The number of nitrogens with zero attached hydrogens (tertiary/aromatic N) is 5. The van der Waals surface area contributed by atoms with Crippen LogP contribution in [-0.2, 0) is 6.67 Å². The Hall–Kier alpha value is -2.41. The molecule has 0 unspecified atom stereocenters. The number of hydrogen-bond acceptors (Lipinski definition) is 5. The van der Waals surface area contributed by atoms with E-state index in [0.717, 1.165) is 11.3 Å². The van der Waals surface area contributed by atoms with Crippen LogP contribution in [0, 0.1) is 13.8 Å². The molecule has 0 atom stereocenters. The van der Waals surface area contributed by atoms with Crippen LogP contribution < -0.4 is 10.9 Å². The Morgan fingerprint density at radius 3 is 2.67 bits per heavy atom. The van der Waals surface area contributed by atoms with Crippen molar-refractivity contribution in [1.82, 2.24) is 24.1 Å². The van der Waals surface area contributed by atoms with Gasteiger partial charge in [-0.25, -0.2) is 4.98 Å². The highest BCUT2D eigenvalue weighted by Gasteiger charge is 2.14. The molecular weight excluding hydrogens is 328 g/mol. The Morgan fingerprint density at radius 2 is 2.00 bits per heavy atom. The number of fused-ring (bicyclic) bond motifs is 1. The van der Waals surface area contributed by atoms with Gasteiger partial charge in [0.1, 0.15) is 0 Å². The first-order valence-corrected chi connectivity index (χ1v) is 8.06. The van der Waals surface area contributed by atoms with Crippen LogP contribution in [-0.4, -0.2) is 24.1 Å².